The van der Waals surface area contributed by atoms with Crippen LogP contribution in [0.25, 0.3) is 0 Å². The molecule has 0 bridgehead atoms. The molecular weight excluding hydrogens is 262 g/mol. The summed E-state index contributed by atoms with van der Waals surface area (Å²) in [5.41, 5.74) is 6.29. The molecule has 1 rings (SSSR count). The van der Waals surface area contributed by atoms with E-state index < -0.39 is 0 Å². The molecule has 0 fully saturated rings. The van der Waals surface area contributed by atoms with Crippen LogP contribution in [0.2, 0.25) is 0 Å². The number of rotatable bonds is 7. The van der Waals surface area contributed by atoms with Gasteiger partial charge in [0.05, 0.1) is 32.0 Å². The summed E-state index contributed by atoms with van der Waals surface area (Å²) in [6.07, 6.45) is 1.54. The molecule has 0 atom stereocenters. The maximum absolute atomic E-state index is 12.3. The first-order chi connectivity index (χ1) is 9.58. The van der Waals surface area contributed by atoms with Crippen LogP contribution >= 0.6 is 0 Å². The highest BCUT2D eigenvalue weighted by molar-refractivity contribution is 5.92. The van der Waals surface area contributed by atoms with Crippen molar-refractivity contribution in [1.29, 1.82) is 0 Å². The van der Waals surface area contributed by atoms with Crippen LogP contribution in [-0.4, -0.2) is 55.7 Å². The number of carbonyl (C=O) groups is 2. The molecule has 20 heavy (non-hydrogen) atoms. The lowest BCUT2D eigenvalue weighted by Crippen LogP contribution is -2.36. The van der Waals surface area contributed by atoms with Gasteiger partial charge >= 0.3 is 5.97 Å². The zero-order valence-corrected chi connectivity index (χ0v) is 11.7. The average molecular weight is 281 g/mol. The molecule has 0 aliphatic carbocycles. The minimum Gasteiger partial charge on any atom is -0.469 e. The number of esters is 1. The number of methoxy groups -OCH3 is 2. The molecule has 0 saturated heterocycles. The van der Waals surface area contributed by atoms with Crippen LogP contribution in [0.3, 0.4) is 0 Å². The second kappa shape index (κ2) is 8.11. The SMILES string of the molecule is COCCN(CCC(=O)OC)C(=O)c1ccc(N)cn1. The van der Waals surface area contributed by atoms with Crippen LogP contribution in [0.15, 0.2) is 18.3 Å². The van der Waals surface area contributed by atoms with Gasteiger partial charge in [0.1, 0.15) is 5.69 Å². The van der Waals surface area contributed by atoms with Crippen LogP contribution in [0.4, 0.5) is 5.69 Å². The van der Waals surface area contributed by atoms with Crippen molar-refractivity contribution in [2.75, 3.05) is 39.6 Å². The highest BCUT2D eigenvalue weighted by atomic mass is 16.5. The molecule has 0 aromatic carbocycles. The fourth-order valence-corrected chi connectivity index (χ4v) is 1.54. The van der Waals surface area contributed by atoms with Crippen LogP contribution in [-0.2, 0) is 14.3 Å². The Labute approximate surface area is 117 Å². The Morgan fingerprint density at radius 2 is 2.05 bits per heavy atom. The highest BCUT2D eigenvalue weighted by Gasteiger charge is 2.18. The molecule has 0 radical (unpaired) electrons. The summed E-state index contributed by atoms with van der Waals surface area (Å²) in [5, 5.41) is 0. The smallest absolute Gasteiger partial charge is 0.307 e. The fourth-order valence-electron chi connectivity index (χ4n) is 1.54. The minimum absolute atomic E-state index is 0.126. The third-order valence-corrected chi connectivity index (χ3v) is 2.67. The predicted octanol–water partition coefficient (Wildman–Crippen LogP) is 0.316. The van der Waals surface area contributed by atoms with Gasteiger partial charge in [0, 0.05) is 20.2 Å². The number of hydrogen-bond donors (Lipinski definition) is 1. The van der Waals surface area contributed by atoms with Gasteiger partial charge in [-0.25, -0.2) is 4.98 Å². The molecule has 1 aromatic heterocycles. The maximum Gasteiger partial charge on any atom is 0.307 e. The molecule has 110 valence electrons. The number of nitrogens with two attached hydrogens (primary N) is 1. The molecule has 7 nitrogen and oxygen atoms in total. The van der Waals surface area contributed by atoms with E-state index in [2.05, 4.69) is 9.72 Å². The van der Waals surface area contributed by atoms with E-state index in [1.807, 2.05) is 0 Å². The van der Waals surface area contributed by atoms with Gasteiger partial charge in [-0.05, 0) is 12.1 Å². The largest absolute Gasteiger partial charge is 0.469 e. The van der Waals surface area contributed by atoms with Gasteiger partial charge in [-0.15, -0.1) is 0 Å². The second-order valence-corrected chi connectivity index (χ2v) is 4.09. The summed E-state index contributed by atoms with van der Waals surface area (Å²) < 4.78 is 9.53. The summed E-state index contributed by atoms with van der Waals surface area (Å²) >= 11 is 0. The number of aromatic nitrogens is 1. The Bertz CT molecular complexity index is 447. The Kier molecular flexibility index (Phi) is 6.45. The molecule has 7 heteroatoms. The maximum atomic E-state index is 12.3. The molecule has 0 saturated carbocycles. The topological polar surface area (TPSA) is 94.8 Å². The lowest BCUT2D eigenvalue weighted by atomic mass is 10.2. The van der Waals surface area contributed by atoms with Gasteiger partial charge in [0.15, 0.2) is 0 Å². The zero-order valence-electron chi connectivity index (χ0n) is 11.7. The van der Waals surface area contributed by atoms with E-state index in [1.165, 1.54) is 18.2 Å². The number of anilines is 1. The van der Waals surface area contributed by atoms with Crippen molar-refractivity contribution in [3.05, 3.63) is 24.0 Å². The van der Waals surface area contributed by atoms with Gasteiger partial charge in [-0.1, -0.05) is 0 Å². The van der Waals surface area contributed by atoms with Crippen molar-refractivity contribution in [1.82, 2.24) is 9.88 Å². The number of carbonyl (C=O) groups excluding carboxylic acids is 2. The monoisotopic (exact) mass is 281 g/mol. The second-order valence-electron chi connectivity index (χ2n) is 4.09. The molecule has 2 N–H and O–H groups in total. The van der Waals surface area contributed by atoms with E-state index in [-0.39, 0.29) is 30.5 Å². The van der Waals surface area contributed by atoms with E-state index in [0.717, 1.165) is 0 Å². The first-order valence-electron chi connectivity index (χ1n) is 6.15. The number of ether oxygens (including phenoxy) is 2. The van der Waals surface area contributed by atoms with Crippen LogP contribution in [0, 0.1) is 0 Å². The third kappa shape index (κ3) is 4.85. The summed E-state index contributed by atoms with van der Waals surface area (Å²) in [7, 11) is 2.86. The first-order valence-corrected chi connectivity index (χ1v) is 6.15. The van der Waals surface area contributed by atoms with Crippen molar-refractivity contribution in [3.8, 4) is 0 Å². The molecule has 1 amide bonds. The summed E-state index contributed by atoms with van der Waals surface area (Å²) in [5.74, 6) is -0.642. The third-order valence-electron chi connectivity index (χ3n) is 2.67. The van der Waals surface area contributed by atoms with Crippen LogP contribution in [0.5, 0.6) is 0 Å². The average Bonchev–Trinajstić information content (AvgIpc) is 2.47. The molecular formula is C13H19N3O4. The number of amides is 1. The molecule has 0 spiro atoms. The Balaban J connectivity index is 2.72. The molecule has 0 aliphatic heterocycles. The quantitative estimate of drug-likeness (QED) is 0.723. The zero-order chi connectivity index (χ0) is 15.0. The number of nitrogen functional groups attached to an aromatic ring is 1. The number of hydrogen-bond acceptors (Lipinski definition) is 6. The Morgan fingerprint density at radius 3 is 2.60 bits per heavy atom. The minimum atomic E-state index is -0.370. The first kappa shape index (κ1) is 15.9. The van der Waals surface area contributed by atoms with E-state index in [9.17, 15) is 9.59 Å². The van der Waals surface area contributed by atoms with Gasteiger partial charge in [-0.3, -0.25) is 9.59 Å². The van der Waals surface area contributed by atoms with Gasteiger partial charge in [-0.2, -0.15) is 0 Å². The van der Waals surface area contributed by atoms with E-state index >= 15 is 0 Å². The van der Waals surface area contributed by atoms with E-state index in [1.54, 1.807) is 19.2 Å². The molecule has 1 aromatic rings. The van der Waals surface area contributed by atoms with E-state index in [4.69, 9.17) is 10.5 Å². The van der Waals surface area contributed by atoms with Crippen molar-refractivity contribution in [2.24, 2.45) is 0 Å². The predicted molar refractivity (Wildman–Crippen MR) is 73.1 cm³/mol. The summed E-state index contributed by atoms with van der Waals surface area (Å²) in [6, 6.07) is 3.16. The number of pyridine rings is 1. The van der Waals surface area contributed by atoms with Gasteiger partial charge < -0.3 is 20.1 Å². The van der Waals surface area contributed by atoms with Crippen molar-refractivity contribution < 1.29 is 19.1 Å². The Morgan fingerprint density at radius 1 is 1.30 bits per heavy atom. The normalized spacial score (nSPS) is 10.1. The van der Waals surface area contributed by atoms with Gasteiger partial charge in [0.25, 0.3) is 5.91 Å². The molecule has 0 unspecified atom stereocenters. The van der Waals surface area contributed by atoms with Crippen LogP contribution in [0.1, 0.15) is 16.9 Å². The lowest BCUT2D eigenvalue weighted by Gasteiger charge is -2.21. The van der Waals surface area contributed by atoms with E-state index in [0.29, 0.717) is 18.8 Å². The Hall–Kier alpha value is -2.15. The molecule has 0 aliphatic rings. The van der Waals surface area contributed by atoms with Crippen molar-refractivity contribution >= 4 is 17.6 Å². The highest BCUT2D eigenvalue weighted by Crippen LogP contribution is 2.06. The standard InChI is InChI=1S/C13H19N3O4/c1-19-8-7-16(6-5-12(17)20-2)13(18)11-4-3-10(14)9-15-11/h3-4,9H,5-8,14H2,1-2H3. The molecule has 1 heterocycles. The fraction of sp³-hybridized carbons (Fsp3) is 0.462. The number of nitrogens with zero attached hydrogens (tertiary/aromatic N) is 2. The lowest BCUT2D eigenvalue weighted by molar-refractivity contribution is -0.140. The van der Waals surface area contributed by atoms with Crippen molar-refractivity contribution in [2.45, 2.75) is 6.42 Å². The summed E-state index contributed by atoms with van der Waals surface area (Å²) in [4.78, 5) is 28.9. The van der Waals surface area contributed by atoms with Gasteiger partial charge in [0.2, 0.25) is 0 Å². The van der Waals surface area contributed by atoms with Crippen LogP contribution < -0.4 is 5.73 Å². The summed E-state index contributed by atoms with van der Waals surface area (Å²) in [6.45, 7) is 1.00. The van der Waals surface area contributed by atoms with Crippen molar-refractivity contribution in [3.63, 3.8) is 0 Å².